The minimum Gasteiger partial charge on any atom is -0.355 e. The van der Waals surface area contributed by atoms with Crippen molar-refractivity contribution in [3.63, 3.8) is 0 Å². The standard InChI is InChI=1S/C23H27N9O/c24-14-8-11-31(12-9-14)19-6-5-18(29-30-19)27-23-26-13-17-16-7-10-25-22(33)20(16)32(21(17)28-23)15-3-1-2-4-15/h5-7,10,13-15H,1-4,8-9,11-12,24H2,(H,25,33)(H,26,27,28,29). The minimum atomic E-state index is -0.0907. The first-order chi connectivity index (χ1) is 16.2. The second-order valence-electron chi connectivity index (χ2n) is 9.03. The highest BCUT2D eigenvalue weighted by Gasteiger charge is 2.25. The third-order valence-corrected chi connectivity index (χ3v) is 6.91. The molecule has 0 unspecified atom stereocenters. The number of nitrogens with one attached hydrogen (secondary N) is 2. The van der Waals surface area contributed by atoms with Gasteiger partial charge in [0.05, 0.1) is 0 Å². The highest BCUT2D eigenvalue weighted by molar-refractivity contribution is 6.06. The maximum absolute atomic E-state index is 12.7. The van der Waals surface area contributed by atoms with Gasteiger partial charge in [0.1, 0.15) is 11.2 Å². The summed E-state index contributed by atoms with van der Waals surface area (Å²) in [4.78, 5) is 27.1. The molecule has 0 aromatic carbocycles. The molecule has 10 nitrogen and oxygen atoms in total. The molecular weight excluding hydrogens is 418 g/mol. The molecule has 5 heterocycles. The smallest absolute Gasteiger partial charge is 0.272 e. The van der Waals surface area contributed by atoms with Crippen molar-refractivity contribution in [1.82, 2.24) is 29.7 Å². The highest BCUT2D eigenvalue weighted by Crippen LogP contribution is 2.36. The molecule has 10 heteroatoms. The fraction of sp³-hybridized carbons (Fsp3) is 0.435. The molecule has 0 radical (unpaired) electrons. The van der Waals surface area contributed by atoms with Crippen molar-refractivity contribution in [3.8, 4) is 0 Å². The Balaban J connectivity index is 1.33. The molecule has 2 fully saturated rings. The van der Waals surface area contributed by atoms with Crippen molar-refractivity contribution < 1.29 is 0 Å². The number of aromatic amines is 1. The second kappa shape index (κ2) is 8.11. The van der Waals surface area contributed by atoms with Crippen molar-refractivity contribution in [2.45, 2.75) is 50.6 Å². The molecular formula is C23H27N9O. The summed E-state index contributed by atoms with van der Waals surface area (Å²) in [5.41, 5.74) is 7.36. The second-order valence-corrected chi connectivity index (χ2v) is 9.03. The van der Waals surface area contributed by atoms with Crippen LogP contribution in [0.2, 0.25) is 0 Å². The zero-order valence-corrected chi connectivity index (χ0v) is 18.4. The molecule has 1 saturated heterocycles. The van der Waals surface area contributed by atoms with Crippen LogP contribution in [0.3, 0.4) is 0 Å². The lowest BCUT2D eigenvalue weighted by Gasteiger charge is -2.30. The Morgan fingerprint density at radius 1 is 1.03 bits per heavy atom. The van der Waals surface area contributed by atoms with E-state index in [4.69, 9.17) is 10.7 Å². The van der Waals surface area contributed by atoms with Gasteiger partial charge in [-0.1, -0.05) is 12.8 Å². The van der Waals surface area contributed by atoms with Crippen LogP contribution in [0, 0.1) is 0 Å². The Morgan fingerprint density at radius 3 is 2.61 bits per heavy atom. The zero-order valence-electron chi connectivity index (χ0n) is 18.4. The molecule has 6 rings (SSSR count). The molecule has 1 aliphatic carbocycles. The van der Waals surface area contributed by atoms with E-state index < -0.39 is 0 Å². The number of pyridine rings is 1. The molecule has 0 amide bonds. The third-order valence-electron chi connectivity index (χ3n) is 6.91. The maximum atomic E-state index is 12.7. The molecule has 170 valence electrons. The normalized spacial score (nSPS) is 17.9. The molecule has 0 bridgehead atoms. The summed E-state index contributed by atoms with van der Waals surface area (Å²) in [5.74, 6) is 1.87. The van der Waals surface area contributed by atoms with Crippen LogP contribution in [0.4, 0.5) is 17.6 Å². The average Bonchev–Trinajstić information content (AvgIpc) is 3.47. The summed E-state index contributed by atoms with van der Waals surface area (Å²) in [6.45, 7) is 1.79. The average molecular weight is 446 g/mol. The summed E-state index contributed by atoms with van der Waals surface area (Å²) in [6, 6.07) is 6.32. The SMILES string of the molecule is NC1CCN(c2ccc(Nc3ncc4c5cc[nH]c(=O)c5n(C5CCCC5)c4n3)nn2)CC1. The Morgan fingerprint density at radius 2 is 1.85 bits per heavy atom. The molecule has 4 N–H and O–H groups in total. The lowest BCUT2D eigenvalue weighted by Crippen LogP contribution is -2.40. The van der Waals surface area contributed by atoms with Gasteiger partial charge in [0, 0.05) is 48.3 Å². The molecule has 33 heavy (non-hydrogen) atoms. The molecule has 1 aliphatic heterocycles. The van der Waals surface area contributed by atoms with Crippen LogP contribution < -0.4 is 21.5 Å². The number of fused-ring (bicyclic) bond motifs is 3. The van der Waals surface area contributed by atoms with Gasteiger partial charge >= 0.3 is 0 Å². The van der Waals surface area contributed by atoms with E-state index in [0.717, 1.165) is 73.9 Å². The van der Waals surface area contributed by atoms with Gasteiger partial charge in [-0.2, -0.15) is 4.98 Å². The number of nitrogens with zero attached hydrogens (tertiary/aromatic N) is 6. The van der Waals surface area contributed by atoms with Crippen LogP contribution in [0.5, 0.6) is 0 Å². The predicted octanol–water partition coefficient (Wildman–Crippen LogP) is 2.85. The monoisotopic (exact) mass is 445 g/mol. The summed E-state index contributed by atoms with van der Waals surface area (Å²) in [6.07, 6.45) is 9.83. The number of anilines is 3. The van der Waals surface area contributed by atoms with E-state index in [1.165, 1.54) is 0 Å². The van der Waals surface area contributed by atoms with Gasteiger partial charge in [-0.25, -0.2) is 4.98 Å². The van der Waals surface area contributed by atoms with Crippen molar-refractivity contribution in [3.05, 3.63) is 40.9 Å². The number of H-pyrrole nitrogens is 1. The Hall–Kier alpha value is -3.53. The Kier molecular flexibility index (Phi) is 4.94. The van der Waals surface area contributed by atoms with E-state index in [9.17, 15) is 4.79 Å². The molecule has 4 aromatic rings. The van der Waals surface area contributed by atoms with Crippen molar-refractivity contribution in [2.75, 3.05) is 23.3 Å². The Labute approximate surface area is 190 Å². The van der Waals surface area contributed by atoms with Gasteiger partial charge in [0.2, 0.25) is 5.95 Å². The molecule has 4 aromatic heterocycles. The molecule has 2 aliphatic rings. The van der Waals surface area contributed by atoms with Gasteiger partial charge < -0.3 is 25.5 Å². The fourth-order valence-electron chi connectivity index (χ4n) is 5.16. The van der Waals surface area contributed by atoms with Gasteiger partial charge in [-0.3, -0.25) is 4.79 Å². The van der Waals surface area contributed by atoms with Gasteiger partial charge in [-0.15, -0.1) is 10.2 Å². The van der Waals surface area contributed by atoms with E-state index in [1.807, 2.05) is 18.2 Å². The van der Waals surface area contributed by atoms with Gasteiger partial charge in [-0.05, 0) is 43.9 Å². The van der Waals surface area contributed by atoms with E-state index >= 15 is 0 Å². The summed E-state index contributed by atoms with van der Waals surface area (Å²) in [7, 11) is 0. The summed E-state index contributed by atoms with van der Waals surface area (Å²) >= 11 is 0. The number of aromatic nitrogens is 6. The van der Waals surface area contributed by atoms with E-state index in [-0.39, 0.29) is 17.6 Å². The lowest BCUT2D eigenvalue weighted by atomic mass is 10.1. The minimum absolute atomic E-state index is 0.0907. The maximum Gasteiger partial charge on any atom is 0.272 e. The molecule has 0 atom stereocenters. The van der Waals surface area contributed by atoms with Crippen LogP contribution in [-0.4, -0.2) is 48.8 Å². The first-order valence-corrected chi connectivity index (χ1v) is 11.7. The van der Waals surface area contributed by atoms with Crippen molar-refractivity contribution >= 4 is 39.5 Å². The van der Waals surface area contributed by atoms with Crippen LogP contribution in [0.15, 0.2) is 35.4 Å². The quantitative estimate of drug-likeness (QED) is 0.437. The number of rotatable bonds is 4. The van der Waals surface area contributed by atoms with Crippen LogP contribution >= 0.6 is 0 Å². The first kappa shape index (κ1) is 20.1. The zero-order chi connectivity index (χ0) is 22.4. The summed E-state index contributed by atoms with van der Waals surface area (Å²) < 4.78 is 2.11. The van der Waals surface area contributed by atoms with E-state index in [0.29, 0.717) is 17.3 Å². The highest BCUT2D eigenvalue weighted by atomic mass is 16.1. The van der Waals surface area contributed by atoms with E-state index in [1.54, 1.807) is 12.4 Å². The van der Waals surface area contributed by atoms with Crippen molar-refractivity contribution in [2.24, 2.45) is 5.73 Å². The van der Waals surface area contributed by atoms with Gasteiger partial charge in [0.15, 0.2) is 11.6 Å². The van der Waals surface area contributed by atoms with E-state index in [2.05, 4.69) is 34.9 Å². The topological polar surface area (TPSA) is 131 Å². The predicted molar refractivity (Wildman–Crippen MR) is 128 cm³/mol. The van der Waals surface area contributed by atoms with Crippen LogP contribution in [-0.2, 0) is 0 Å². The molecule has 0 spiro atoms. The van der Waals surface area contributed by atoms with Crippen LogP contribution in [0.1, 0.15) is 44.6 Å². The fourth-order valence-corrected chi connectivity index (χ4v) is 5.16. The van der Waals surface area contributed by atoms with Crippen molar-refractivity contribution in [1.29, 1.82) is 0 Å². The third kappa shape index (κ3) is 3.60. The number of hydrogen-bond acceptors (Lipinski definition) is 8. The van der Waals surface area contributed by atoms with Gasteiger partial charge in [0.25, 0.3) is 5.56 Å². The largest absolute Gasteiger partial charge is 0.355 e. The molecule has 1 saturated carbocycles. The Bertz CT molecular complexity index is 1350. The first-order valence-electron chi connectivity index (χ1n) is 11.7. The number of hydrogen-bond donors (Lipinski definition) is 3. The number of piperidine rings is 1. The number of nitrogens with two attached hydrogens (primary N) is 1. The lowest BCUT2D eigenvalue weighted by molar-refractivity contribution is 0.497. The summed E-state index contributed by atoms with van der Waals surface area (Å²) in [5, 5.41) is 13.7. The van der Waals surface area contributed by atoms with Crippen LogP contribution in [0.25, 0.3) is 21.9 Å².